The van der Waals surface area contributed by atoms with E-state index in [1.54, 1.807) is 0 Å². The lowest BCUT2D eigenvalue weighted by molar-refractivity contribution is -0.147. The second-order valence-electron chi connectivity index (χ2n) is 3.96. The van der Waals surface area contributed by atoms with Crippen LogP contribution in [0.15, 0.2) is 11.1 Å². The molecule has 0 aliphatic heterocycles. The number of halogens is 4. The first kappa shape index (κ1) is 16.4. The largest absolute Gasteiger partial charge is 0.476 e. The molecule has 0 aromatic carbocycles. The van der Waals surface area contributed by atoms with E-state index >= 15 is 0 Å². The van der Waals surface area contributed by atoms with Gasteiger partial charge in [-0.3, -0.25) is 0 Å². The molecule has 2 N–H and O–H groups in total. The van der Waals surface area contributed by atoms with Crippen molar-refractivity contribution in [1.29, 1.82) is 0 Å². The minimum absolute atomic E-state index is 0.538. The Morgan fingerprint density at radius 1 is 1.45 bits per heavy atom. The smallest absolute Gasteiger partial charge is 0.404 e. The van der Waals surface area contributed by atoms with E-state index in [9.17, 15) is 30.8 Å². The lowest BCUT2D eigenvalue weighted by atomic mass is 10.4. The van der Waals surface area contributed by atoms with Gasteiger partial charge in [0.15, 0.2) is 11.5 Å². The molecule has 11 heteroatoms. The molecule has 0 aliphatic rings. The molecule has 1 aromatic rings. The number of aromatic nitrogens is 1. The Kier molecular flexibility index (Phi) is 4.15. The zero-order valence-electron chi connectivity index (χ0n) is 10.2. The highest BCUT2D eigenvalue weighted by Gasteiger charge is 2.40. The van der Waals surface area contributed by atoms with Gasteiger partial charge in [-0.25, -0.2) is 17.6 Å². The SMILES string of the molecule is CC(NS(=O)(=O)c1cn(C)c(C(=O)O)c1F)C(F)(F)F. The van der Waals surface area contributed by atoms with Gasteiger partial charge in [0.05, 0.1) is 0 Å². The normalized spacial score (nSPS) is 14.3. The molecular formula is C9H10F4N2O4S. The van der Waals surface area contributed by atoms with Gasteiger partial charge >= 0.3 is 12.1 Å². The van der Waals surface area contributed by atoms with Gasteiger partial charge in [0.25, 0.3) is 0 Å². The summed E-state index contributed by atoms with van der Waals surface area (Å²) in [6, 6.07) is -2.44. The summed E-state index contributed by atoms with van der Waals surface area (Å²) in [5, 5.41) is 8.68. The Morgan fingerprint density at radius 3 is 2.30 bits per heavy atom. The van der Waals surface area contributed by atoms with Crippen molar-refractivity contribution in [3.8, 4) is 0 Å². The lowest BCUT2D eigenvalue weighted by Gasteiger charge is -2.16. The summed E-state index contributed by atoms with van der Waals surface area (Å²) >= 11 is 0. The molecule has 1 aromatic heterocycles. The van der Waals surface area contributed by atoms with Crippen LogP contribution in [0.5, 0.6) is 0 Å². The topological polar surface area (TPSA) is 88.4 Å². The van der Waals surface area contributed by atoms with Crippen molar-refractivity contribution in [3.63, 3.8) is 0 Å². The van der Waals surface area contributed by atoms with Crippen LogP contribution in [-0.4, -0.2) is 36.3 Å². The van der Waals surface area contributed by atoms with Gasteiger partial charge in [-0.2, -0.15) is 17.9 Å². The fraction of sp³-hybridized carbons (Fsp3) is 0.444. The maximum atomic E-state index is 13.7. The van der Waals surface area contributed by atoms with Crippen LogP contribution in [-0.2, 0) is 17.1 Å². The van der Waals surface area contributed by atoms with Crippen LogP contribution in [0.1, 0.15) is 17.4 Å². The molecule has 20 heavy (non-hydrogen) atoms. The third-order valence-electron chi connectivity index (χ3n) is 2.40. The lowest BCUT2D eigenvalue weighted by Crippen LogP contribution is -2.43. The summed E-state index contributed by atoms with van der Waals surface area (Å²) < 4.78 is 75.7. The standard InChI is InChI=1S/C9H10F4N2O4S/c1-4(9(11,12)13)14-20(18,19)5-3-15(2)7(6(5)10)8(16)17/h3-4,14H,1-2H3,(H,16,17). The fourth-order valence-corrected chi connectivity index (χ4v) is 2.72. The number of carboxylic acid groups (broad SMARTS) is 1. The van der Waals surface area contributed by atoms with Crippen molar-refractivity contribution in [1.82, 2.24) is 9.29 Å². The Bertz CT molecular complexity index is 635. The first-order chi connectivity index (χ1) is 8.88. The van der Waals surface area contributed by atoms with Crippen LogP contribution >= 0.6 is 0 Å². The minimum Gasteiger partial charge on any atom is -0.476 e. The van der Waals surface area contributed by atoms with E-state index in [1.165, 1.54) is 4.72 Å². The molecule has 1 rings (SSSR count). The van der Waals surface area contributed by atoms with E-state index in [4.69, 9.17) is 5.11 Å². The molecule has 0 amide bonds. The van der Waals surface area contributed by atoms with E-state index in [-0.39, 0.29) is 0 Å². The van der Waals surface area contributed by atoms with Gasteiger partial charge in [0.1, 0.15) is 10.9 Å². The van der Waals surface area contributed by atoms with E-state index in [1.807, 2.05) is 0 Å². The molecular weight excluding hydrogens is 308 g/mol. The highest BCUT2D eigenvalue weighted by molar-refractivity contribution is 7.89. The van der Waals surface area contributed by atoms with Gasteiger partial charge < -0.3 is 9.67 Å². The minimum atomic E-state index is -4.85. The molecule has 1 atom stereocenters. The molecule has 0 saturated heterocycles. The van der Waals surface area contributed by atoms with Crippen LogP contribution in [0.25, 0.3) is 0 Å². The first-order valence-corrected chi connectivity index (χ1v) is 6.53. The summed E-state index contributed by atoms with van der Waals surface area (Å²) in [4.78, 5) is 9.55. The van der Waals surface area contributed by atoms with E-state index in [0.717, 1.165) is 7.05 Å². The third-order valence-corrected chi connectivity index (χ3v) is 3.93. The van der Waals surface area contributed by atoms with Gasteiger partial charge in [-0.05, 0) is 6.92 Å². The second kappa shape index (κ2) is 5.05. The Morgan fingerprint density at radius 2 is 1.95 bits per heavy atom. The number of hydrogen-bond acceptors (Lipinski definition) is 3. The molecule has 114 valence electrons. The highest BCUT2D eigenvalue weighted by Crippen LogP contribution is 2.24. The summed E-state index contributed by atoms with van der Waals surface area (Å²) in [7, 11) is -3.78. The molecule has 0 aliphatic carbocycles. The molecule has 1 heterocycles. The summed E-state index contributed by atoms with van der Waals surface area (Å²) in [6.07, 6.45) is -4.27. The third kappa shape index (κ3) is 3.10. The molecule has 0 fully saturated rings. The van der Waals surface area contributed by atoms with Crippen LogP contribution in [0.2, 0.25) is 0 Å². The van der Waals surface area contributed by atoms with Gasteiger partial charge in [0.2, 0.25) is 10.0 Å². The Hall–Kier alpha value is -1.62. The van der Waals surface area contributed by atoms with Crippen molar-refractivity contribution in [2.24, 2.45) is 7.05 Å². The zero-order valence-corrected chi connectivity index (χ0v) is 11.0. The maximum absolute atomic E-state index is 13.7. The van der Waals surface area contributed by atoms with Crippen LogP contribution in [0.3, 0.4) is 0 Å². The predicted octanol–water partition coefficient (Wildman–Crippen LogP) is 1.09. The highest BCUT2D eigenvalue weighted by atomic mass is 32.2. The van der Waals surface area contributed by atoms with Crippen molar-refractivity contribution in [3.05, 3.63) is 17.7 Å². The van der Waals surface area contributed by atoms with Crippen LogP contribution in [0.4, 0.5) is 17.6 Å². The predicted molar refractivity (Wildman–Crippen MR) is 58.2 cm³/mol. The number of rotatable bonds is 4. The Balaban J connectivity index is 3.25. The summed E-state index contributed by atoms with van der Waals surface area (Å²) in [5.41, 5.74) is -0.968. The molecule has 0 bridgehead atoms. The number of alkyl halides is 3. The van der Waals surface area contributed by atoms with Crippen LogP contribution < -0.4 is 4.72 Å². The maximum Gasteiger partial charge on any atom is 0.404 e. The Labute approximate surface area is 111 Å². The number of nitrogens with one attached hydrogen (secondary N) is 1. The first-order valence-electron chi connectivity index (χ1n) is 5.05. The van der Waals surface area contributed by atoms with Gasteiger partial charge in [0, 0.05) is 13.2 Å². The molecule has 1 unspecified atom stereocenters. The molecule has 0 radical (unpaired) electrons. The molecule has 6 nitrogen and oxygen atoms in total. The summed E-state index contributed by atoms with van der Waals surface area (Å²) in [5.74, 6) is -3.36. The van der Waals surface area contributed by atoms with Crippen molar-refractivity contribution < 1.29 is 35.9 Å². The molecule has 0 saturated carbocycles. The number of nitrogens with zero attached hydrogens (tertiary/aromatic N) is 1. The zero-order chi connectivity index (χ0) is 15.9. The second-order valence-corrected chi connectivity index (χ2v) is 5.64. The number of aryl methyl sites for hydroxylation is 1. The average Bonchev–Trinajstić information content (AvgIpc) is 2.52. The fourth-order valence-electron chi connectivity index (χ4n) is 1.36. The van der Waals surface area contributed by atoms with E-state index in [2.05, 4.69) is 0 Å². The van der Waals surface area contributed by atoms with Crippen LogP contribution in [0, 0.1) is 5.82 Å². The van der Waals surface area contributed by atoms with E-state index in [0.29, 0.717) is 17.7 Å². The van der Waals surface area contributed by atoms with Gasteiger partial charge in [-0.1, -0.05) is 0 Å². The van der Waals surface area contributed by atoms with E-state index < -0.39 is 44.6 Å². The average molecular weight is 318 g/mol. The van der Waals surface area contributed by atoms with Crippen molar-refractivity contribution >= 4 is 16.0 Å². The van der Waals surface area contributed by atoms with Gasteiger partial charge in [-0.15, -0.1) is 0 Å². The number of sulfonamides is 1. The number of hydrogen-bond donors (Lipinski definition) is 2. The molecule has 0 spiro atoms. The summed E-state index contributed by atoms with van der Waals surface area (Å²) in [6.45, 7) is 0.538. The quantitative estimate of drug-likeness (QED) is 0.814. The number of carbonyl (C=O) groups is 1. The van der Waals surface area contributed by atoms with Crippen molar-refractivity contribution in [2.45, 2.75) is 24.0 Å². The number of aromatic carboxylic acids is 1. The van der Waals surface area contributed by atoms with Crippen molar-refractivity contribution in [2.75, 3.05) is 0 Å². The number of carboxylic acids is 1. The monoisotopic (exact) mass is 318 g/mol.